The first-order valence-corrected chi connectivity index (χ1v) is 23.3. The molecule has 7 nitrogen and oxygen atoms in total. The van der Waals surface area contributed by atoms with Gasteiger partial charge < -0.3 is 4.42 Å². The standard InChI is InChI=1S/C59H37N5O2.Pt/c1-3-14-39(15-4-1)46-22-12-23-47(40-16-5-2-6-17-40)59(46)63-38-62(52-25-9-10-26-53(52)63)42-18-11-19-43(34-42)65-44-29-30-49-48-20-7-8-24-51(48)64(54(49)35-44)57-31-28-41(36-61-57)45-21-13-27-55-58(45)50-32-33-60-37-56(50)66-55;/h1-37H;. The van der Waals surface area contributed by atoms with E-state index in [9.17, 15) is 0 Å². The van der Waals surface area contributed by atoms with Crippen LogP contribution in [0.15, 0.2) is 229 Å². The molecule has 0 fully saturated rings. The first-order valence-electron chi connectivity index (χ1n) is 22.1. The number of nitrogens with zero attached hydrogens (tertiary/aromatic N) is 5. The second-order valence-electron chi connectivity index (χ2n) is 16.5. The SMILES string of the molecule is [Pt]=[c]1n(-c2cccc(Oc3ccc4c5ccccc5n(-c5ccc(-c6cccc7oc8cnccc8c67)cn5)c4c3)c2)c2ccccc2n1-c1c(-c2ccccc2)cccc1-c1ccccc1. The third-order valence-electron chi connectivity index (χ3n) is 12.7. The molecule has 0 spiro atoms. The Morgan fingerprint density at radius 1 is 0.433 bits per heavy atom. The molecule has 5 heterocycles. The first kappa shape index (κ1) is 39.0. The van der Waals surface area contributed by atoms with Gasteiger partial charge in [0.2, 0.25) is 0 Å². The molecule has 0 N–H and O–H groups in total. The van der Waals surface area contributed by atoms with Crippen LogP contribution in [0.25, 0.3) is 105 Å². The Morgan fingerprint density at radius 2 is 1.09 bits per heavy atom. The molecule has 0 saturated heterocycles. The van der Waals surface area contributed by atoms with Crippen molar-refractivity contribution in [1.29, 1.82) is 0 Å². The van der Waals surface area contributed by atoms with Crippen molar-refractivity contribution in [3.63, 3.8) is 0 Å². The number of fused-ring (bicyclic) bond motifs is 7. The molecule has 0 amide bonds. The van der Waals surface area contributed by atoms with E-state index >= 15 is 0 Å². The van der Waals surface area contributed by atoms with E-state index in [0.29, 0.717) is 0 Å². The molecular formula is C59H37N5O2Pt. The van der Waals surface area contributed by atoms with Crippen LogP contribution in [0.3, 0.4) is 0 Å². The average Bonchev–Trinajstić information content (AvgIpc) is 4.03. The van der Waals surface area contributed by atoms with Gasteiger partial charge >= 0.3 is 294 Å². The van der Waals surface area contributed by atoms with Gasteiger partial charge in [0.25, 0.3) is 0 Å². The van der Waals surface area contributed by atoms with Crippen LogP contribution >= 0.6 is 0 Å². The normalized spacial score (nSPS) is 11.7. The molecule has 0 aliphatic carbocycles. The van der Waals surface area contributed by atoms with Gasteiger partial charge in [0.15, 0.2) is 5.58 Å². The van der Waals surface area contributed by atoms with Gasteiger partial charge in [-0.25, -0.2) is 0 Å². The summed E-state index contributed by atoms with van der Waals surface area (Å²) in [6, 6.07) is 72.1. The van der Waals surface area contributed by atoms with Gasteiger partial charge in [0.1, 0.15) is 5.58 Å². The number of para-hydroxylation sites is 4. The Kier molecular flexibility index (Phi) is 9.29. The van der Waals surface area contributed by atoms with Gasteiger partial charge in [-0.2, -0.15) is 0 Å². The second kappa shape index (κ2) is 15.9. The van der Waals surface area contributed by atoms with E-state index in [0.717, 1.165) is 121 Å². The number of pyridine rings is 2. The summed E-state index contributed by atoms with van der Waals surface area (Å²) >= 11 is 2.49. The molecule has 0 aliphatic heterocycles. The number of aromatic nitrogens is 5. The molecule has 5 aromatic heterocycles. The van der Waals surface area contributed by atoms with Crippen LogP contribution in [0, 0.1) is 3.80 Å². The van der Waals surface area contributed by atoms with Crippen LogP contribution in [0.5, 0.6) is 11.5 Å². The summed E-state index contributed by atoms with van der Waals surface area (Å²) in [5.74, 6) is 2.27. The minimum absolute atomic E-state index is 0.727. The fourth-order valence-electron chi connectivity index (χ4n) is 9.74. The fraction of sp³-hybridized carbons (Fsp3) is 0. The molecule has 0 bridgehead atoms. The van der Waals surface area contributed by atoms with Gasteiger partial charge in [-0.15, -0.1) is 0 Å². The molecule has 0 aliphatic rings. The summed E-state index contributed by atoms with van der Waals surface area (Å²) in [6.45, 7) is 0. The van der Waals surface area contributed by atoms with Crippen molar-refractivity contribution in [2.45, 2.75) is 0 Å². The number of hydrogen-bond acceptors (Lipinski definition) is 4. The van der Waals surface area contributed by atoms with Gasteiger partial charge in [-0.05, 0) is 23.8 Å². The first-order chi connectivity index (χ1) is 33.2. The number of imidazole rings is 1. The monoisotopic (exact) mass is 1040 g/mol. The Labute approximate surface area is 395 Å². The predicted molar refractivity (Wildman–Crippen MR) is 266 cm³/mol. The molecule has 13 rings (SSSR count). The zero-order valence-corrected chi connectivity index (χ0v) is 38.0. The molecule has 0 unspecified atom stereocenters. The van der Waals surface area contributed by atoms with Crippen molar-refractivity contribution in [3.8, 4) is 62.1 Å². The van der Waals surface area contributed by atoms with Crippen LogP contribution in [-0.2, 0) is 19.4 Å². The molecule has 320 valence electrons. The number of rotatable bonds is 8. The molecule has 8 heteroatoms. The van der Waals surface area contributed by atoms with E-state index < -0.39 is 0 Å². The van der Waals surface area contributed by atoms with Crippen LogP contribution in [0.2, 0.25) is 0 Å². The van der Waals surface area contributed by atoms with Crippen LogP contribution in [0.4, 0.5) is 0 Å². The Morgan fingerprint density at radius 3 is 1.85 bits per heavy atom. The van der Waals surface area contributed by atoms with Crippen LogP contribution < -0.4 is 4.74 Å². The summed E-state index contributed by atoms with van der Waals surface area (Å²) in [5, 5.41) is 4.36. The van der Waals surface area contributed by atoms with E-state index in [-0.39, 0.29) is 0 Å². The minimum atomic E-state index is 0.727. The Hall–Kier alpha value is -8.38. The topological polar surface area (TPSA) is 62.9 Å². The summed E-state index contributed by atoms with van der Waals surface area (Å²) in [7, 11) is 0. The second-order valence-corrected chi connectivity index (χ2v) is 17.5. The summed E-state index contributed by atoms with van der Waals surface area (Å²) < 4.78 is 20.9. The van der Waals surface area contributed by atoms with E-state index in [4.69, 9.17) is 14.1 Å². The fourth-order valence-corrected chi connectivity index (χ4v) is 10.8. The third-order valence-corrected chi connectivity index (χ3v) is 13.7. The van der Waals surface area contributed by atoms with Gasteiger partial charge in [0.05, 0.1) is 6.20 Å². The zero-order chi connectivity index (χ0) is 44.4. The number of ether oxygens (including phenoxy) is 1. The average molecular weight is 1040 g/mol. The molecule has 67 heavy (non-hydrogen) atoms. The van der Waals surface area contributed by atoms with E-state index in [2.05, 4.69) is 220 Å². The number of benzene rings is 8. The molecule has 13 aromatic rings. The molecular weight excluding hydrogens is 1010 g/mol. The van der Waals surface area contributed by atoms with Crippen molar-refractivity contribution in [2.24, 2.45) is 0 Å². The van der Waals surface area contributed by atoms with Gasteiger partial charge in [-0.3, -0.25) is 4.98 Å². The quantitative estimate of drug-likeness (QED) is 0.152. The van der Waals surface area contributed by atoms with Crippen molar-refractivity contribution >= 4 is 54.8 Å². The number of furan rings is 1. The van der Waals surface area contributed by atoms with E-state index in [1.54, 1.807) is 12.4 Å². The van der Waals surface area contributed by atoms with E-state index in [1.165, 1.54) is 0 Å². The van der Waals surface area contributed by atoms with Crippen molar-refractivity contribution < 1.29 is 28.5 Å². The van der Waals surface area contributed by atoms with Crippen molar-refractivity contribution in [1.82, 2.24) is 23.7 Å². The summed E-state index contributed by atoms with van der Waals surface area (Å²) in [6.07, 6.45) is 5.53. The van der Waals surface area contributed by atoms with Crippen LogP contribution in [0.1, 0.15) is 0 Å². The predicted octanol–water partition coefficient (Wildman–Crippen LogP) is 15.1. The van der Waals surface area contributed by atoms with Gasteiger partial charge in [0, 0.05) is 28.7 Å². The molecule has 8 aromatic carbocycles. The Bertz CT molecular complexity index is 4040. The maximum atomic E-state index is 6.81. The Balaban J connectivity index is 0.901. The summed E-state index contributed by atoms with van der Waals surface area (Å²) in [5.41, 5.74) is 14.7. The molecule has 0 radical (unpaired) electrons. The van der Waals surface area contributed by atoms with E-state index in [1.807, 2.05) is 30.5 Å². The maximum absolute atomic E-state index is 6.81. The molecule has 0 atom stereocenters. The zero-order valence-electron chi connectivity index (χ0n) is 35.7. The van der Waals surface area contributed by atoms with Crippen LogP contribution in [-0.4, -0.2) is 23.7 Å². The third kappa shape index (κ3) is 6.50. The molecule has 0 saturated carbocycles. The summed E-state index contributed by atoms with van der Waals surface area (Å²) in [4.78, 5) is 9.37. The number of hydrogen-bond donors (Lipinski definition) is 0. The van der Waals surface area contributed by atoms with Crippen molar-refractivity contribution in [3.05, 3.63) is 229 Å². The van der Waals surface area contributed by atoms with Gasteiger partial charge in [-0.1, -0.05) is 24.3 Å². The van der Waals surface area contributed by atoms with Crippen molar-refractivity contribution in [2.75, 3.05) is 0 Å².